The fourth-order valence-electron chi connectivity index (χ4n) is 2.17. The topological polar surface area (TPSA) is 36.4 Å². The number of rotatable bonds is 4. The number of amides is 1. The molecule has 106 valence electrons. The smallest absolute Gasteiger partial charge is 0.224 e. The maximum atomic E-state index is 12.0. The van der Waals surface area contributed by atoms with Crippen molar-refractivity contribution in [2.75, 3.05) is 28.2 Å². The van der Waals surface area contributed by atoms with Gasteiger partial charge in [-0.2, -0.15) is 0 Å². The monoisotopic (exact) mass is 271 g/mol. The number of benzene rings is 1. The molecule has 0 saturated heterocycles. The molecule has 20 heavy (non-hydrogen) atoms. The van der Waals surface area contributed by atoms with E-state index >= 15 is 0 Å². The molecule has 1 heterocycles. The number of pyridine rings is 1. The molecule has 1 aromatic heterocycles. The van der Waals surface area contributed by atoms with Gasteiger partial charge in [0.15, 0.2) is 0 Å². The van der Waals surface area contributed by atoms with Crippen LogP contribution in [0.1, 0.15) is 18.2 Å². The maximum absolute atomic E-state index is 12.0. The third kappa shape index (κ3) is 3.14. The van der Waals surface area contributed by atoms with Crippen molar-refractivity contribution >= 4 is 16.8 Å². The molecule has 4 heteroatoms. The number of nitrogens with zero attached hydrogens (tertiary/aromatic N) is 3. The first-order valence-corrected chi connectivity index (χ1v) is 6.71. The lowest BCUT2D eigenvalue weighted by Gasteiger charge is -2.25. The second-order valence-electron chi connectivity index (χ2n) is 5.40. The van der Waals surface area contributed by atoms with Crippen LogP contribution < -0.4 is 0 Å². The Labute approximate surface area is 120 Å². The number of para-hydroxylation sites is 1. The summed E-state index contributed by atoms with van der Waals surface area (Å²) >= 11 is 0. The average molecular weight is 271 g/mol. The molecule has 0 fully saturated rings. The van der Waals surface area contributed by atoms with Gasteiger partial charge >= 0.3 is 0 Å². The molecular formula is C16H21N3O. The van der Waals surface area contributed by atoms with Crippen LogP contribution >= 0.6 is 0 Å². The van der Waals surface area contributed by atoms with Crippen LogP contribution in [0.2, 0.25) is 0 Å². The zero-order chi connectivity index (χ0) is 14.7. The predicted octanol–water partition coefficient (Wildman–Crippen LogP) is 2.32. The lowest BCUT2D eigenvalue weighted by molar-refractivity contribution is -0.129. The van der Waals surface area contributed by atoms with E-state index in [2.05, 4.69) is 6.07 Å². The van der Waals surface area contributed by atoms with Gasteiger partial charge in [0.2, 0.25) is 5.91 Å². The molecule has 0 saturated carbocycles. The van der Waals surface area contributed by atoms with Gasteiger partial charge in [0, 0.05) is 25.9 Å². The molecule has 0 radical (unpaired) electrons. The highest BCUT2D eigenvalue weighted by Gasteiger charge is 2.20. The zero-order valence-electron chi connectivity index (χ0n) is 12.5. The number of hydrogen-bond acceptors (Lipinski definition) is 3. The van der Waals surface area contributed by atoms with Crippen molar-refractivity contribution in [2.45, 2.75) is 12.5 Å². The Balaban J connectivity index is 2.34. The van der Waals surface area contributed by atoms with Gasteiger partial charge in [0.1, 0.15) is 0 Å². The third-order valence-electron chi connectivity index (χ3n) is 3.45. The van der Waals surface area contributed by atoms with Crippen LogP contribution in [-0.4, -0.2) is 48.9 Å². The molecule has 0 bridgehead atoms. The maximum Gasteiger partial charge on any atom is 0.224 e. The van der Waals surface area contributed by atoms with E-state index < -0.39 is 0 Å². The second kappa shape index (κ2) is 6.01. The minimum Gasteiger partial charge on any atom is -0.349 e. The largest absolute Gasteiger partial charge is 0.349 e. The summed E-state index contributed by atoms with van der Waals surface area (Å²) in [6, 6.07) is 12.1. The third-order valence-corrected chi connectivity index (χ3v) is 3.45. The van der Waals surface area contributed by atoms with Crippen LogP contribution in [0.15, 0.2) is 36.4 Å². The molecule has 1 aromatic carbocycles. The van der Waals surface area contributed by atoms with Crippen LogP contribution in [0.5, 0.6) is 0 Å². The summed E-state index contributed by atoms with van der Waals surface area (Å²) in [5, 5.41) is 1.12. The highest BCUT2D eigenvalue weighted by atomic mass is 16.2. The van der Waals surface area contributed by atoms with E-state index in [0.29, 0.717) is 6.42 Å². The minimum absolute atomic E-state index is 0.00509. The Morgan fingerprint density at radius 2 is 1.80 bits per heavy atom. The van der Waals surface area contributed by atoms with Gasteiger partial charge in [-0.3, -0.25) is 9.78 Å². The lowest BCUT2D eigenvalue weighted by atomic mass is 10.1. The van der Waals surface area contributed by atoms with Crippen LogP contribution in [0, 0.1) is 0 Å². The predicted molar refractivity (Wildman–Crippen MR) is 81.5 cm³/mol. The molecule has 2 rings (SSSR count). The molecule has 0 aliphatic heterocycles. The van der Waals surface area contributed by atoms with Crippen molar-refractivity contribution < 1.29 is 4.79 Å². The quantitative estimate of drug-likeness (QED) is 0.856. The molecule has 0 aliphatic carbocycles. The molecule has 0 spiro atoms. The first-order valence-electron chi connectivity index (χ1n) is 6.71. The average Bonchev–Trinajstić information content (AvgIpc) is 2.43. The minimum atomic E-state index is -0.00509. The standard InChI is InChI=1S/C16H21N3O/c1-18(2)15(11-16(20)19(3)4)14-10-9-12-7-5-6-8-13(12)17-14/h5-10,15H,11H2,1-4H3. The summed E-state index contributed by atoms with van der Waals surface area (Å²) < 4.78 is 0. The first-order chi connectivity index (χ1) is 9.49. The normalized spacial score (nSPS) is 12.7. The van der Waals surface area contributed by atoms with Gasteiger partial charge in [-0.15, -0.1) is 0 Å². The number of hydrogen-bond donors (Lipinski definition) is 0. The molecule has 1 atom stereocenters. The van der Waals surface area contributed by atoms with Crippen LogP contribution in [0.3, 0.4) is 0 Å². The zero-order valence-corrected chi connectivity index (χ0v) is 12.5. The summed E-state index contributed by atoms with van der Waals surface area (Å²) in [4.78, 5) is 20.3. The van der Waals surface area contributed by atoms with E-state index in [-0.39, 0.29) is 11.9 Å². The van der Waals surface area contributed by atoms with E-state index in [0.717, 1.165) is 16.6 Å². The van der Waals surface area contributed by atoms with Crippen LogP contribution in [0.4, 0.5) is 0 Å². The van der Waals surface area contributed by atoms with Gasteiger partial charge in [-0.25, -0.2) is 0 Å². The Hall–Kier alpha value is -1.94. The fourth-order valence-corrected chi connectivity index (χ4v) is 2.17. The molecule has 1 amide bonds. The number of carbonyl (C=O) groups is 1. The molecular weight excluding hydrogens is 250 g/mol. The Kier molecular flexibility index (Phi) is 4.35. The summed E-state index contributed by atoms with van der Waals surface area (Å²) in [5.41, 5.74) is 1.90. The van der Waals surface area contributed by atoms with E-state index in [1.165, 1.54) is 0 Å². The van der Waals surface area contributed by atoms with Crippen molar-refractivity contribution in [2.24, 2.45) is 0 Å². The van der Waals surface area contributed by atoms with E-state index in [1.807, 2.05) is 49.3 Å². The van der Waals surface area contributed by atoms with E-state index in [1.54, 1.807) is 19.0 Å². The number of aromatic nitrogens is 1. The van der Waals surface area contributed by atoms with Gasteiger partial charge in [0.05, 0.1) is 17.3 Å². The summed E-state index contributed by atoms with van der Waals surface area (Å²) in [5.74, 6) is 0.110. The van der Waals surface area contributed by atoms with Crippen molar-refractivity contribution in [3.63, 3.8) is 0 Å². The van der Waals surface area contributed by atoms with Crippen molar-refractivity contribution in [1.29, 1.82) is 0 Å². The highest BCUT2D eigenvalue weighted by molar-refractivity contribution is 5.79. The van der Waals surface area contributed by atoms with Gasteiger partial charge in [-0.05, 0) is 26.2 Å². The van der Waals surface area contributed by atoms with Gasteiger partial charge in [-0.1, -0.05) is 24.3 Å². The van der Waals surface area contributed by atoms with Crippen molar-refractivity contribution in [3.05, 3.63) is 42.1 Å². The summed E-state index contributed by atoms with van der Waals surface area (Å²) in [6.07, 6.45) is 0.436. The lowest BCUT2D eigenvalue weighted by Crippen LogP contribution is -2.29. The van der Waals surface area contributed by atoms with Gasteiger partial charge < -0.3 is 9.80 Å². The Morgan fingerprint density at radius 3 is 2.45 bits per heavy atom. The molecule has 0 N–H and O–H groups in total. The Morgan fingerprint density at radius 1 is 1.10 bits per heavy atom. The van der Waals surface area contributed by atoms with E-state index in [9.17, 15) is 4.79 Å². The van der Waals surface area contributed by atoms with Crippen molar-refractivity contribution in [3.8, 4) is 0 Å². The van der Waals surface area contributed by atoms with Crippen molar-refractivity contribution in [1.82, 2.24) is 14.8 Å². The molecule has 0 aliphatic rings. The summed E-state index contributed by atoms with van der Waals surface area (Å²) in [7, 11) is 7.51. The highest BCUT2D eigenvalue weighted by Crippen LogP contribution is 2.23. The first kappa shape index (κ1) is 14.5. The van der Waals surface area contributed by atoms with Crippen LogP contribution in [-0.2, 0) is 4.79 Å². The molecule has 4 nitrogen and oxygen atoms in total. The molecule has 1 unspecified atom stereocenters. The number of carbonyl (C=O) groups excluding carboxylic acids is 1. The Bertz CT molecular complexity index is 607. The SMILES string of the molecule is CN(C)C(=O)CC(c1ccc2ccccc2n1)N(C)C. The van der Waals surface area contributed by atoms with Crippen LogP contribution in [0.25, 0.3) is 10.9 Å². The van der Waals surface area contributed by atoms with Gasteiger partial charge in [0.25, 0.3) is 0 Å². The molecule has 2 aromatic rings. The fraction of sp³-hybridized carbons (Fsp3) is 0.375. The summed E-state index contributed by atoms with van der Waals surface area (Å²) in [6.45, 7) is 0. The second-order valence-corrected chi connectivity index (χ2v) is 5.40. The number of fused-ring (bicyclic) bond motifs is 1. The van der Waals surface area contributed by atoms with E-state index in [4.69, 9.17) is 4.98 Å².